The molecule has 0 aliphatic heterocycles. The smallest absolute Gasteiger partial charge is 0.407 e. The van der Waals surface area contributed by atoms with Gasteiger partial charge in [-0.15, -0.1) is 0 Å². The largest absolute Gasteiger partial charge is 0.490 e. The van der Waals surface area contributed by atoms with Crippen LogP contribution in [0.2, 0.25) is 0 Å². The van der Waals surface area contributed by atoms with E-state index >= 15 is 0 Å². The number of benzene rings is 2. The summed E-state index contributed by atoms with van der Waals surface area (Å²) in [6, 6.07) is 10.4. The minimum absolute atomic E-state index is 0.0620. The standard InChI is InChI=1S/C28H39N3O7/c1-7-35-22-16-20(17-23(36-8-2)25(22)37-9-3)26(33)30-18-19-12-10-11-13-21(19)31-24(32)14-15-29-27(34)38-28(4,5)6/h10-13,16-17H,7-9,14-15,18H2,1-6H3,(H,29,34)(H,30,33)(H,31,32). The molecule has 0 saturated carbocycles. The van der Waals surface area contributed by atoms with Crippen molar-refractivity contribution in [2.45, 2.75) is 60.1 Å². The zero-order valence-electron chi connectivity index (χ0n) is 23.1. The molecule has 2 rings (SSSR count). The lowest BCUT2D eigenvalue weighted by molar-refractivity contribution is -0.116. The molecule has 3 amide bonds. The van der Waals surface area contributed by atoms with E-state index in [-0.39, 0.29) is 31.3 Å². The van der Waals surface area contributed by atoms with Gasteiger partial charge in [0, 0.05) is 30.8 Å². The number of alkyl carbamates (subject to hydrolysis) is 1. The first-order valence-electron chi connectivity index (χ1n) is 12.8. The number of hydrogen-bond donors (Lipinski definition) is 3. The molecule has 10 heteroatoms. The van der Waals surface area contributed by atoms with Gasteiger partial charge >= 0.3 is 6.09 Å². The number of carbonyl (C=O) groups excluding carboxylic acids is 3. The Hall–Kier alpha value is -3.95. The van der Waals surface area contributed by atoms with Crippen LogP contribution in [0.15, 0.2) is 36.4 Å². The van der Waals surface area contributed by atoms with Crippen LogP contribution in [0.3, 0.4) is 0 Å². The number of hydrogen-bond acceptors (Lipinski definition) is 7. The highest BCUT2D eigenvalue weighted by molar-refractivity contribution is 5.96. The Morgan fingerprint density at radius 3 is 2.03 bits per heavy atom. The van der Waals surface area contributed by atoms with Gasteiger partial charge in [0.2, 0.25) is 11.7 Å². The second kappa shape index (κ2) is 14.7. The fraction of sp³-hybridized carbons (Fsp3) is 0.464. The Kier molecular flexibility index (Phi) is 11.7. The van der Waals surface area contributed by atoms with E-state index in [1.54, 1.807) is 45.0 Å². The lowest BCUT2D eigenvalue weighted by Gasteiger charge is -2.19. The Bertz CT molecular complexity index is 1070. The maximum Gasteiger partial charge on any atom is 0.407 e. The summed E-state index contributed by atoms with van der Waals surface area (Å²) in [4.78, 5) is 37.2. The van der Waals surface area contributed by atoms with Crippen LogP contribution in [0.4, 0.5) is 10.5 Å². The number of anilines is 1. The molecule has 0 saturated heterocycles. The first-order valence-corrected chi connectivity index (χ1v) is 12.8. The number of para-hydroxylation sites is 1. The molecule has 0 aromatic heterocycles. The molecule has 0 spiro atoms. The van der Waals surface area contributed by atoms with Crippen LogP contribution in [0.5, 0.6) is 17.2 Å². The van der Waals surface area contributed by atoms with Gasteiger partial charge in [-0.3, -0.25) is 9.59 Å². The summed E-state index contributed by atoms with van der Waals surface area (Å²) < 4.78 is 22.3. The summed E-state index contributed by atoms with van der Waals surface area (Å²) >= 11 is 0. The monoisotopic (exact) mass is 529 g/mol. The second-order valence-electron chi connectivity index (χ2n) is 9.17. The van der Waals surface area contributed by atoms with Crippen LogP contribution >= 0.6 is 0 Å². The van der Waals surface area contributed by atoms with Crippen LogP contribution in [0, 0.1) is 0 Å². The van der Waals surface area contributed by atoms with Crippen molar-refractivity contribution in [3.05, 3.63) is 47.5 Å². The highest BCUT2D eigenvalue weighted by Gasteiger charge is 2.19. The highest BCUT2D eigenvalue weighted by atomic mass is 16.6. The third kappa shape index (κ3) is 9.84. The van der Waals surface area contributed by atoms with Crippen LogP contribution in [-0.4, -0.2) is 49.9 Å². The molecule has 0 aliphatic carbocycles. The van der Waals surface area contributed by atoms with Crippen molar-refractivity contribution in [2.24, 2.45) is 0 Å². The lowest BCUT2D eigenvalue weighted by Crippen LogP contribution is -2.34. The van der Waals surface area contributed by atoms with Crippen LogP contribution in [0.1, 0.15) is 63.9 Å². The molecular formula is C28H39N3O7. The minimum atomic E-state index is -0.615. The van der Waals surface area contributed by atoms with E-state index in [1.165, 1.54) is 0 Å². The van der Waals surface area contributed by atoms with Crippen molar-refractivity contribution in [3.63, 3.8) is 0 Å². The van der Waals surface area contributed by atoms with Gasteiger partial charge in [0.1, 0.15) is 5.60 Å². The van der Waals surface area contributed by atoms with Crippen LogP contribution in [-0.2, 0) is 16.1 Å². The molecule has 208 valence electrons. The van der Waals surface area contributed by atoms with E-state index in [1.807, 2.05) is 32.9 Å². The van der Waals surface area contributed by atoms with E-state index in [4.69, 9.17) is 18.9 Å². The molecule has 0 bridgehead atoms. The average molecular weight is 530 g/mol. The van der Waals surface area contributed by atoms with Gasteiger partial charge in [-0.2, -0.15) is 0 Å². The summed E-state index contributed by atoms with van der Waals surface area (Å²) in [6.45, 7) is 12.4. The summed E-state index contributed by atoms with van der Waals surface area (Å²) in [5.41, 5.74) is 1.02. The van der Waals surface area contributed by atoms with E-state index in [0.29, 0.717) is 48.3 Å². The summed E-state index contributed by atoms with van der Waals surface area (Å²) in [7, 11) is 0. The molecule has 10 nitrogen and oxygen atoms in total. The number of amides is 3. The maximum absolute atomic E-state index is 13.0. The van der Waals surface area contributed by atoms with Crippen molar-refractivity contribution in [2.75, 3.05) is 31.7 Å². The van der Waals surface area contributed by atoms with Crippen molar-refractivity contribution in [3.8, 4) is 17.2 Å². The molecule has 0 fully saturated rings. The number of carbonyl (C=O) groups is 3. The molecule has 0 aliphatic rings. The molecule has 2 aromatic rings. The molecule has 38 heavy (non-hydrogen) atoms. The molecule has 0 unspecified atom stereocenters. The van der Waals surface area contributed by atoms with Crippen molar-refractivity contribution < 1.29 is 33.3 Å². The van der Waals surface area contributed by atoms with E-state index in [9.17, 15) is 14.4 Å². The SMILES string of the molecule is CCOc1cc(C(=O)NCc2ccccc2NC(=O)CCNC(=O)OC(C)(C)C)cc(OCC)c1OCC. The minimum Gasteiger partial charge on any atom is -0.490 e. The molecule has 3 N–H and O–H groups in total. The Morgan fingerprint density at radius 1 is 0.842 bits per heavy atom. The first-order chi connectivity index (χ1) is 18.1. The topological polar surface area (TPSA) is 124 Å². The molecule has 0 radical (unpaired) electrons. The van der Waals surface area contributed by atoms with Gasteiger partial charge in [0.05, 0.1) is 19.8 Å². The summed E-state index contributed by atoms with van der Waals surface area (Å²) in [5.74, 6) is 0.699. The maximum atomic E-state index is 13.0. The number of nitrogens with one attached hydrogen (secondary N) is 3. The van der Waals surface area contributed by atoms with Gasteiger partial charge in [0.15, 0.2) is 11.5 Å². The van der Waals surface area contributed by atoms with Crippen molar-refractivity contribution >= 4 is 23.6 Å². The Labute approximate surface area is 224 Å². The predicted octanol–water partition coefficient (Wildman–Crippen LogP) is 4.67. The lowest BCUT2D eigenvalue weighted by atomic mass is 10.1. The molecule has 0 atom stereocenters. The van der Waals surface area contributed by atoms with E-state index < -0.39 is 11.7 Å². The quantitative estimate of drug-likeness (QED) is 0.345. The Balaban J connectivity index is 2.05. The molecular weight excluding hydrogens is 490 g/mol. The number of rotatable bonds is 13. The van der Waals surface area contributed by atoms with Gasteiger partial charge in [0.25, 0.3) is 5.91 Å². The zero-order chi connectivity index (χ0) is 28.1. The number of ether oxygens (including phenoxy) is 4. The van der Waals surface area contributed by atoms with Crippen LogP contribution in [0.25, 0.3) is 0 Å². The van der Waals surface area contributed by atoms with Gasteiger partial charge in [-0.05, 0) is 65.3 Å². The van der Waals surface area contributed by atoms with E-state index in [0.717, 1.165) is 5.56 Å². The molecule has 2 aromatic carbocycles. The summed E-state index contributed by atoms with van der Waals surface area (Å²) in [6.07, 6.45) is -0.519. The third-order valence-electron chi connectivity index (χ3n) is 4.92. The van der Waals surface area contributed by atoms with E-state index in [2.05, 4.69) is 16.0 Å². The van der Waals surface area contributed by atoms with Gasteiger partial charge < -0.3 is 34.9 Å². The molecule has 0 heterocycles. The van der Waals surface area contributed by atoms with Crippen LogP contribution < -0.4 is 30.2 Å². The van der Waals surface area contributed by atoms with Crippen molar-refractivity contribution in [1.29, 1.82) is 0 Å². The second-order valence-corrected chi connectivity index (χ2v) is 9.17. The fourth-order valence-corrected chi connectivity index (χ4v) is 3.40. The first kappa shape index (κ1) is 30.3. The summed E-state index contributed by atoms with van der Waals surface area (Å²) in [5, 5.41) is 8.27. The third-order valence-corrected chi connectivity index (χ3v) is 4.92. The van der Waals surface area contributed by atoms with Gasteiger partial charge in [-0.25, -0.2) is 4.79 Å². The highest BCUT2D eigenvalue weighted by Crippen LogP contribution is 2.39. The zero-order valence-corrected chi connectivity index (χ0v) is 23.1. The fourth-order valence-electron chi connectivity index (χ4n) is 3.40. The average Bonchev–Trinajstić information content (AvgIpc) is 2.84. The van der Waals surface area contributed by atoms with Crippen molar-refractivity contribution in [1.82, 2.24) is 10.6 Å². The normalized spacial score (nSPS) is 10.8. The Morgan fingerprint density at radius 2 is 1.45 bits per heavy atom. The van der Waals surface area contributed by atoms with Gasteiger partial charge in [-0.1, -0.05) is 18.2 Å². The predicted molar refractivity (Wildman–Crippen MR) is 145 cm³/mol.